The van der Waals surface area contributed by atoms with Gasteiger partial charge in [0.15, 0.2) is 0 Å². The summed E-state index contributed by atoms with van der Waals surface area (Å²) < 4.78 is 0. The Morgan fingerprint density at radius 3 is 2.56 bits per heavy atom. The average Bonchev–Trinajstić information content (AvgIpc) is 2.30. The molecule has 16 heavy (non-hydrogen) atoms. The van der Waals surface area contributed by atoms with Gasteiger partial charge in [-0.25, -0.2) is 0 Å². The van der Waals surface area contributed by atoms with Gasteiger partial charge in [-0.15, -0.1) is 0 Å². The van der Waals surface area contributed by atoms with Crippen molar-refractivity contribution in [1.29, 1.82) is 0 Å². The third kappa shape index (κ3) is 3.19. The molecule has 0 aliphatic carbocycles. The number of nitro groups is 1. The number of nitrogens with zero attached hydrogens (tertiary/aromatic N) is 1. The lowest BCUT2D eigenvalue weighted by atomic mass is 9.91. The second kappa shape index (κ2) is 6.05. The molecule has 0 radical (unpaired) electrons. The van der Waals surface area contributed by atoms with E-state index in [4.69, 9.17) is 0 Å². The lowest BCUT2D eigenvalue weighted by molar-refractivity contribution is -0.429. The molecule has 3 nitrogen and oxygen atoms in total. The number of benzene rings is 1. The summed E-state index contributed by atoms with van der Waals surface area (Å²) in [5.74, 6) is -0.156. The van der Waals surface area contributed by atoms with Crippen molar-refractivity contribution in [2.75, 3.05) is 0 Å². The number of hydrogen-bond acceptors (Lipinski definition) is 2. The summed E-state index contributed by atoms with van der Waals surface area (Å²) in [6.07, 6.45) is 2.81. The second-order valence-electron chi connectivity index (χ2n) is 3.85. The third-order valence-electron chi connectivity index (χ3n) is 2.69. The topological polar surface area (TPSA) is 43.1 Å². The molecule has 0 aliphatic heterocycles. The molecule has 0 fully saturated rings. The van der Waals surface area contributed by atoms with Gasteiger partial charge in [-0.3, -0.25) is 10.1 Å². The van der Waals surface area contributed by atoms with Gasteiger partial charge in [-0.1, -0.05) is 50.1 Å². The first-order valence-electron chi connectivity index (χ1n) is 5.55. The van der Waals surface area contributed by atoms with Crippen molar-refractivity contribution in [3.05, 3.63) is 58.3 Å². The van der Waals surface area contributed by atoms with Crippen LogP contribution in [0.3, 0.4) is 0 Å². The first-order valence-corrected chi connectivity index (χ1v) is 5.55. The average molecular weight is 219 g/mol. The van der Waals surface area contributed by atoms with Gasteiger partial charge in [0.2, 0.25) is 5.70 Å². The molecule has 86 valence electrons. The summed E-state index contributed by atoms with van der Waals surface area (Å²) in [6, 6.07) is 9.57. The maximum Gasteiger partial charge on any atom is 0.246 e. The van der Waals surface area contributed by atoms with Gasteiger partial charge in [-0.2, -0.15) is 0 Å². The molecule has 1 aromatic carbocycles. The molecule has 0 saturated heterocycles. The molecule has 0 spiro atoms. The van der Waals surface area contributed by atoms with Crippen LogP contribution in [0.15, 0.2) is 42.6 Å². The van der Waals surface area contributed by atoms with Crippen molar-refractivity contribution >= 4 is 0 Å². The fraction of sp³-hybridized carbons (Fsp3) is 0.385. The van der Waals surface area contributed by atoms with Crippen molar-refractivity contribution in [1.82, 2.24) is 0 Å². The Kier molecular flexibility index (Phi) is 4.70. The maximum absolute atomic E-state index is 10.8. The van der Waals surface area contributed by atoms with Crippen molar-refractivity contribution < 1.29 is 4.92 Å². The smallest absolute Gasteiger partial charge is 0.246 e. The van der Waals surface area contributed by atoms with Crippen LogP contribution < -0.4 is 0 Å². The highest BCUT2D eigenvalue weighted by atomic mass is 16.6. The first kappa shape index (κ1) is 12.4. The van der Waals surface area contributed by atoms with Gasteiger partial charge < -0.3 is 0 Å². The molecule has 1 aromatic rings. The number of hydrogen-bond donors (Lipinski definition) is 0. The molecule has 0 aromatic heterocycles. The summed E-state index contributed by atoms with van der Waals surface area (Å²) in [5.41, 5.74) is 1.08. The van der Waals surface area contributed by atoms with E-state index in [1.54, 1.807) is 0 Å². The number of rotatable bonds is 6. The zero-order chi connectivity index (χ0) is 12.0. The Bertz CT molecular complexity index is 359. The highest BCUT2D eigenvalue weighted by molar-refractivity contribution is 5.24. The molecule has 0 N–H and O–H groups in total. The van der Waals surface area contributed by atoms with E-state index in [0.29, 0.717) is 0 Å². The van der Waals surface area contributed by atoms with Crippen LogP contribution in [0.5, 0.6) is 0 Å². The zero-order valence-corrected chi connectivity index (χ0v) is 9.56. The normalized spacial score (nSPS) is 12.1. The Morgan fingerprint density at radius 2 is 2.06 bits per heavy atom. The minimum absolute atomic E-state index is 0.0969. The van der Waals surface area contributed by atoms with Gasteiger partial charge in [0.25, 0.3) is 0 Å². The van der Waals surface area contributed by atoms with E-state index in [1.807, 2.05) is 30.3 Å². The van der Waals surface area contributed by atoms with Gasteiger partial charge in [-0.05, 0) is 18.6 Å². The molecule has 0 bridgehead atoms. The van der Waals surface area contributed by atoms with Crippen LogP contribution in [-0.2, 0) is 0 Å². The molecule has 1 unspecified atom stereocenters. The summed E-state index contributed by atoms with van der Waals surface area (Å²) in [7, 11) is 0. The molecular weight excluding hydrogens is 202 g/mol. The Labute approximate surface area is 95.9 Å². The minimum atomic E-state index is -0.368. The second-order valence-corrected chi connectivity index (χ2v) is 3.85. The predicted octanol–water partition coefficient (Wildman–Crippen LogP) is 3.75. The molecule has 0 aliphatic rings. The molecule has 3 heteroatoms. The number of allylic oxidation sites excluding steroid dienone is 1. The van der Waals surface area contributed by atoms with Crippen molar-refractivity contribution in [2.45, 2.75) is 32.1 Å². The first-order chi connectivity index (χ1) is 7.66. The maximum atomic E-state index is 10.8. The quantitative estimate of drug-likeness (QED) is 0.540. The summed E-state index contributed by atoms with van der Waals surface area (Å²) in [5, 5.41) is 10.8. The van der Waals surface area contributed by atoms with Crippen LogP contribution >= 0.6 is 0 Å². The van der Waals surface area contributed by atoms with Crippen molar-refractivity contribution in [3.63, 3.8) is 0 Å². The number of unbranched alkanes of at least 4 members (excludes halogenated alkanes) is 1. The van der Waals surface area contributed by atoms with E-state index in [2.05, 4.69) is 13.5 Å². The van der Waals surface area contributed by atoms with Crippen LogP contribution in [0.1, 0.15) is 37.7 Å². The van der Waals surface area contributed by atoms with Gasteiger partial charge in [0.05, 0.1) is 10.8 Å². The fourth-order valence-corrected chi connectivity index (χ4v) is 1.75. The van der Waals surface area contributed by atoms with E-state index in [0.717, 1.165) is 24.8 Å². The lowest BCUT2D eigenvalue weighted by Crippen LogP contribution is -2.09. The molecular formula is C13H17NO2. The van der Waals surface area contributed by atoms with Crippen LogP contribution in [0.25, 0.3) is 0 Å². The van der Waals surface area contributed by atoms with Crippen LogP contribution in [-0.4, -0.2) is 4.92 Å². The summed E-state index contributed by atoms with van der Waals surface area (Å²) >= 11 is 0. The van der Waals surface area contributed by atoms with Gasteiger partial charge >= 0.3 is 0 Å². The predicted molar refractivity (Wildman–Crippen MR) is 64.8 cm³/mol. The Hall–Kier alpha value is -1.64. The Morgan fingerprint density at radius 1 is 1.44 bits per heavy atom. The largest absolute Gasteiger partial charge is 0.259 e. The van der Waals surface area contributed by atoms with Crippen LogP contribution in [0.4, 0.5) is 0 Å². The molecule has 0 amide bonds. The highest BCUT2D eigenvalue weighted by Gasteiger charge is 2.23. The Balaban J connectivity index is 2.87. The standard InChI is InChI=1S/C13H17NO2/c1-3-4-10-13(11(2)14(15)16)12-8-6-5-7-9-12/h5-9,13H,2-4,10H2,1H3. The monoisotopic (exact) mass is 219 g/mol. The lowest BCUT2D eigenvalue weighted by Gasteiger charge is -2.13. The van der Waals surface area contributed by atoms with Crippen LogP contribution in [0, 0.1) is 10.1 Å². The van der Waals surface area contributed by atoms with Crippen molar-refractivity contribution in [2.24, 2.45) is 0 Å². The van der Waals surface area contributed by atoms with Gasteiger partial charge in [0.1, 0.15) is 0 Å². The summed E-state index contributed by atoms with van der Waals surface area (Å²) in [4.78, 5) is 10.4. The van der Waals surface area contributed by atoms with E-state index < -0.39 is 0 Å². The fourth-order valence-electron chi connectivity index (χ4n) is 1.75. The zero-order valence-electron chi connectivity index (χ0n) is 9.56. The van der Waals surface area contributed by atoms with E-state index in [-0.39, 0.29) is 16.5 Å². The van der Waals surface area contributed by atoms with E-state index in [9.17, 15) is 10.1 Å². The van der Waals surface area contributed by atoms with Crippen molar-refractivity contribution in [3.8, 4) is 0 Å². The third-order valence-corrected chi connectivity index (χ3v) is 2.69. The highest BCUT2D eigenvalue weighted by Crippen LogP contribution is 2.28. The van der Waals surface area contributed by atoms with E-state index >= 15 is 0 Å². The summed E-state index contributed by atoms with van der Waals surface area (Å²) in [6.45, 7) is 5.67. The molecule has 1 rings (SSSR count). The van der Waals surface area contributed by atoms with E-state index in [1.165, 1.54) is 0 Å². The van der Waals surface area contributed by atoms with Gasteiger partial charge in [0, 0.05) is 0 Å². The minimum Gasteiger partial charge on any atom is -0.259 e. The SMILES string of the molecule is C=C(C(CCCC)c1ccccc1)[N+](=O)[O-]. The van der Waals surface area contributed by atoms with Crippen LogP contribution in [0.2, 0.25) is 0 Å². The molecule has 1 atom stereocenters. The molecule has 0 saturated carbocycles. The molecule has 0 heterocycles.